The fourth-order valence-electron chi connectivity index (χ4n) is 3.21. The van der Waals surface area contributed by atoms with Gasteiger partial charge in [0, 0.05) is 17.0 Å². The van der Waals surface area contributed by atoms with E-state index in [0.717, 1.165) is 13.1 Å². The molecular formula is C19H28N4S. The molecule has 4 N–H and O–H groups in total. The second kappa shape index (κ2) is 8.12. The van der Waals surface area contributed by atoms with Crippen LogP contribution in [0.1, 0.15) is 43.3 Å². The third-order valence-corrected chi connectivity index (χ3v) is 5.57. The molecule has 2 aliphatic heterocycles. The number of hydrogen-bond acceptors (Lipinski definition) is 5. The van der Waals surface area contributed by atoms with Crippen LogP contribution in [0.25, 0.3) is 11.1 Å². The van der Waals surface area contributed by atoms with E-state index in [-0.39, 0.29) is 6.17 Å². The molecule has 5 heteroatoms. The molecule has 0 aliphatic carbocycles. The molecule has 1 fully saturated rings. The molecule has 0 amide bonds. The topological polar surface area (TPSA) is 48.1 Å². The number of anilines is 1. The lowest BCUT2D eigenvalue weighted by Crippen LogP contribution is -2.44. The molecule has 4 nitrogen and oxygen atoms in total. The standard InChI is InChI=1S/C17H22N4S.C2H6/c1-11-2-4-12(5-3-11)14-10-22-16-15(14)20-21-17(16)19-13-6-8-18-9-7-13;1-2/h2-5,10,13,17-21H,6-9H2,1H3;1-2H3. The maximum Gasteiger partial charge on any atom is 0.112 e. The average molecular weight is 345 g/mol. The van der Waals surface area contributed by atoms with Crippen molar-refractivity contribution < 1.29 is 0 Å². The Labute approximate surface area is 149 Å². The van der Waals surface area contributed by atoms with Crippen LogP contribution >= 0.6 is 11.3 Å². The lowest BCUT2D eigenvalue weighted by Gasteiger charge is -2.26. The van der Waals surface area contributed by atoms with Gasteiger partial charge in [-0.15, -0.1) is 11.3 Å². The van der Waals surface area contributed by atoms with Gasteiger partial charge in [0.05, 0.1) is 10.6 Å². The molecule has 130 valence electrons. The molecule has 1 aromatic heterocycles. The van der Waals surface area contributed by atoms with Crippen molar-refractivity contribution in [2.24, 2.45) is 0 Å². The molecule has 1 aromatic carbocycles. The van der Waals surface area contributed by atoms with Crippen molar-refractivity contribution in [2.45, 2.75) is 45.8 Å². The van der Waals surface area contributed by atoms with Gasteiger partial charge in [0.15, 0.2) is 0 Å². The lowest BCUT2D eigenvalue weighted by molar-refractivity contribution is 0.339. The minimum absolute atomic E-state index is 0.224. The highest BCUT2D eigenvalue weighted by Crippen LogP contribution is 2.42. The highest BCUT2D eigenvalue weighted by atomic mass is 32.1. The first-order valence-electron chi connectivity index (χ1n) is 8.98. The Kier molecular flexibility index (Phi) is 5.89. The Hall–Kier alpha value is -1.40. The van der Waals surface area contributed by atoms with Gasteiger partial charge < -0.3 is 10.7 Å². The average Bonchev–Trinajstić information content (AvgIpc) is 3.22. The van der Waals surface area contributed by atoms with E-state index in [2.05, 4.69) is 58.1 Å². The summed E-state index contributed by atoms with van der Waals surface area (Å²) in [7, 11) is 0. The normalized spacial score (nSPS) is 20.0. The van der Waals surface area contributed by atoms with Crippen molar-refractivity contribution in [3.63, 3.8) is 0 Å². The van der Waals surface area contributed by atoms with Gasteiger partial charge in [0.25, 0.3) is 0 Å². The molecule has 2 aliphatic rings. The van der Waals surface area contributed by atoms with Gasteiger partial charge in [-0.3, -0.25) is 5.32 Å². The van der Waals surface area contributed by atoms with Gasteiger partial charge >= 0.3 is 0 Å². The monoisotopic (exact) mass is 344 g/mol. The molecule has 1 atom stereocenters. The molecule has 0 bridgehead atoms. The second-order valence-corrected chi connectivity index (χ2v) is 7.06. The first-order chi connectivity index (χ1) is 11.8. The number of piperidine rings is 1. The predicted molar refractivity (Wildman–Crippen MR) is 104 cm³/mol. The number of hydrazine groups is 1. The van der Waals surface area contributed by atoms with Gasteiger partial charge in [-0.25, -0.2) is 5.43 Å². The predicted octanol–water partition coefficient (Wildman–Crippen LogP) is 4.02. The Bertz CT molecular complexity index is 644. The van der Waals surface area contributed by atoms with E-state index in [0.29, 0.717) is 6.04 Å². The Balaban J connectivity index is 0.000000815. The van der Waals surface area contributed by atoms with Crippen LogP contribution in [-0.2, 0) is 0 Å². The van der Waals surface area contributed by atoms with Gasteiger partial charge in [-0.1, -0.05) is 43.7 Å². The highest BCUT2D eigenvalue weighted by molar-refractivity contribution is 7.11. The number of benzene rings is 1. The zero-order valence-electron chi connectivity index (χ0n) is 14.8. The molecule has 0 radical (unpaired) electrons. The summed E-state index contributed by atoms with van der Waals surface area (Å²) < 4.78 is 0. The van der Waals surface area contributed by atoms with E-state index in [4.69, 9.17) is 0 Å². The molecule has 4 rings (SSSR count). The van der Waals surface area contributed by atoms with Crippen molar-refractivity contribution in [1.82, 2.24) is 16.1 Å². The number of thiophene rings is 1. The molecule has 1 saturated heterocycles. The third kappa shape index (κ3) is 3.64. The SMILES string of the molecule is CC.Cc1ccc(-c2csc3c2NNC3NC2CCNCC2)cc1. The summed E-state index contributed by atoms with van der Waals surface area (Å²) in [6, 6.07) is 9.34. The Morgan fingerprint density at radius 3 is 2.50 bits per heavy atom. The van der Waals surface area contributed by atoms with Crippen molar-refractivity contribution >= 4 is 17.0 Å². The van der Waals surface area contributed by atoms with E-state index < -0.39 is 0 Å². The summed E-state index contributed by atoms with van der Waals surface area (Å²) in [6.45, 7) is 8.36. The van der Waals surface area contributed by atoms with Crippen molar-refractivity contribution in [3.8, 4) is 11.1 Å². The summed E-state index contributed by atoms with van der Waals surface area (Å²) >= 11 is 1.83. The minimum Gasteiger partial charge on any atom is -0.318 e. The number of nitrogens with one attached hydrogen (secondary N) is 4. The molecule has 24 heavy (non-hydrogen) atoms. The first kappa shape index (κ1) is 17.4. The van der Waals surface area contributed by atoms with Gasteiger partial charge in [-0.2, -0.15) is 0 Å². The Morgan fingerprint density at radius 2 is 1.79 bits per heavy atom. The number of fused-ring (bicyclic) bond motifs is 1. The largest absolute Gasteiger partial charge is 0.318 e. The first-order valence-corrected chi connectivity index (χ1v) is 9.86. The Morgan fingerprint density at radius 1 is 1.08 bits per heavy atom. The van der Waals surface area contributed by atoms with Crippen LogP contribution in [0.5, 0.6) is 0 Å². The summed E-state index contributed by atoms with van der Waals surface area (Å²) in [6.07, 6.45) is 2.62. The van der Waals surface area contributed by atoms with Crippen LogP contribution in [0.2, 0.25) is 0 Å². The third-order valence-electron chi connectivity index (χ3n) is 4.53. The van der Waals surface area contributed by atoms with Crippen LogP contribution in [0.15, 0.2) is 29.6 Å². The van der Waals surface area contributed by atoms with E-state index in [1.54, 1.807) is 0 Å². The van der Waals surface area contributed by atoms with E-state index in [1.807, 2.05) is 25.2 Å². The van der Waals surface area contributed by atoms with Crippen molar-refractivity contribution in [2.75, 3.05) is 18.5 Å². The number of rotatable bonds is 3. The number of hydrogen-bond donors (Lipinski definition) is 4. The molecule has 0 saturated carbocycles. The smallest absolute Gasteiger partial charge is 0.112 e. The summed E-state index contributed by atoms with van der Waals surface area (Å²) in [5, 5.41) is 9.42. The maximum absolute atomic E-state index is 3.74. The van der Waals surface area contributed by atoms with Gasteiger partial charge in [0.1, 0.15) is 6.17 Å². The van der Waals surface area contributed by atoms with Crippen molar-refractivity contribution in [3.05, 3.63) is 40.1 Å². The second-order valence-electron chi connectivity index (χ2n) is 6.15. The summed E-state index contributed by atoms with van der Waals surface area (Å²) in [5.74, 6) is 0. The van der Waals surface area contributed by atoms with Crippen LogP contribution in [-0.4, -0.2) is 19.1 Å². The van der Waals surface area contributed by atoms with Crippen LogP contribution < -0.4 is 21.5 Å². The van der Waals surface area contributed by atoms with E-state index >= 15 is 0 Å². The van der Waals surface area contributed by atoms with E-state index in [9.17, 15) is 0 Å². The van der Waals surface area contributed by atoms with Crippen LogP contribution in [0, 0.1) is 6.92 Å². The quantitative estimate of drug-likeness (QED) is 0.679. The summed E-state index contributed by atoms with van der Waals surface area (Å²) in [4.78, 5) is 1.37. The molecule has 1 unspecified atom stereocenters. The van der Waals surface area contributed by atoms with Crippen LogP contribution in [0.4, 0.5) is 5.69 Å². The molecule has 3 heterocycles. The fraction of sp³-hybridized carbons (Fsp3) is 0.474. The number of aryl methyl sites for hydroxylation is 1. The fourth-order valence-corrected chi connectivity index (χ4v) is 4.25. The summed E-state index contributed by atoms with van der Waals surface area (Å²) in [5.41, 5.74) is 11.9. The minimum atomic E-state index is 0.224. The van der Waals surface area contributed by atoms with Crippen molar-refractivity contribution in [1.29, 1.82) is 0 Å². The zero-order valence-corrected chi connectivity index (χ0v) is 15.6. The van der Waals surface area contributed by atoms with E-state index in [1.165, 1.54) is 40.1 Å². The molecule has 2 aromatic rings. The maximum atomic E-state index is 3.74. The molecule has 0 spiro atoms. The van der Waals surface area contributed by atoms with Gasteiger partial charge in [0.2, 0.25) is 0 Å². The van der Waals surface area contributed by atoms with Crippen LogP contribution in [0.3, 0.4) is 0 Å². The zero-order chi connectivity index (χ0) is 16.9. The molecular weight excluding hydrogens is 316 g/mol. The highest BCUT2D eigenvalue weighted by Gasteiger charge is 2.28. The van der Waals surface area contributed by atoms with Gasteiger partial charge in [-0.05, 0) is 38.4 Å². The lowest BCUT2D eigenvalue weighted by atomic mass is 10.0.